The summed E-state index contributed by atoms with van der Waals surface area (Å²) in [6, 6.07) is 13.7. The molecule has 1 aliphatic rings. The summed E-state index contributed by atoms with van der Waals surface area (Å²) in [6.07, 6.45) is 0. The summed E-state index contributed by atoms with van der Waals surface area (Å²) in [5.41, 5.74) is -0.118. The zero-order valence-corrected chi connectivity index (χ0v) is 11.5. The second-order valence-corrected chi connectivity index (χ2v) is 5.37. The van der Waals surface area contributed by atoms with Crippen molar-refractivity contribution in [1.29, 1.82) is 0 Å². The van der Waals surface area contributed by atoms with Gasteiger partial charge in [0.2, 0.25) is 0 Å². The van der Waals surface area contributed by atoms with Crippen LogP contribution in [-0.4, -0.2) is 16.7 Å². The lowest BCUT2D eigenvalue weighted by Crippen LogP contribution is -2.36. The van der Waals surface area contributed by atoms with Crippen LogP contribution >= 0.6 is 12.2 Å². The largest absolute Gasteiger partial charge is 0.454 e. The van der Waals surface area contributed by atoms with Crippen molar-refractivity contribution >= 4 is 39.8 Å². The van der Waals surface area contributed by atoms with E-state index in [0.717, 1.165) is 16.5 Å². The first-order valence-electron chi connectivity index (χ1n) is 6.06. The lowest BCUT2D eigenvalue weighted by molar-refractivity contribution is -0.126. The summed E-state index contributed by atoms with van der Waals surface area (Å²) in [5.74, 6) is -0.131. The molecule has 2 aromatic carbocycles. The molecule has 4 heteroatoms. The first-order chi connectivity index (χ1) is 9.00. The van der Waals surface area contributed by atoms with Crippen molar-refractivity contribution in [1.82, 2.24) is 0 Å². The minimum atomic E-state index is -0.895. The van der Waals surface area contributed by atoms with Gasteiger partial charge in [0.25, 0.3) is 11.1 Å². The Kier molecular flexibility index (Phi) is 2.57. The van der Waals surface area contributed by atoms with Gasteiger partial charge in [-0.05, 0) is 37.5 Å². The van der Waals surface area contributed by atoms with Crippen molar-refractivity contribution in [2.45, 2.75) is 19.4 Å². The van der Waals surface area contributed by atoms with Crippen molar-refractivity contribution in [3.63, 3.8) is 0 Å². The van der Waals surface area contributed by atoms with Gasteiger partial charge < -0.3 is 4.74 Å². The first kappa shape index (κ1) is 12.1. The number of hydrogen-bond donors (Lipinski definition) is 0. The van der Waals surface area contributed by atoms with Crippen LogP contribution in [0.3, 0.4) is 0 Å². The van der Waals surface area contributed by atoms with E-state index in [2.05, 4.69) is 0 Å². The molecule has 1 amide bonds. The molecule has 0 bridgehead atoms. The van der Waals surface area contributed by atoms with E-state index in [4.69, 9.17) is 17.0 Å². The maximum Gasteiger partial charge on any atom is 0.278 e. The van der Waals surface area contributed by atoms with E-state index in [9.17, 15) is 4.79 Å². The number of thiocarbonyl (C=S) groups is 1. The molecular formula is C15H13NO2S. The quantitative estimate of drug-likeness (QED) is 0.746. The van der Waals surface area contributed by atoms with Crippen molar-refractivity contribution in [2.75, 3.05) is 4.90 Å². The Morgan fingerprint density at radius 2 is 1.79 bits per heavy atom. The van der Waals surface area contributed by atoms with E-state index < -0.39 is 5.60 Å². The monoisotopic (exact) mass is 271 g/mol. The molecule has 0 aromatic heterocycles. The van der Waals surface area contributed by atoms with Crippen molar-refractivity contribution in [3.8, 4) is 0 Å². The highest BCUT2D eigenvalue weighted by Gasteiger charge is 2.45. The maximum atomic E-state index is 12.4. The number of hydrogen-bond acceptors (Lipinski definition) is 3. The van der Waals surface area contributed by atoms with Gasteiger partial charge >= 0.3 is 0 Å². The minimum Gasteiger partial charge on any atom is -0.454 e. The molecule has 96 valence electrons. The summed E-state index contributed by atoms with van der Waals surface area (Å²) in [7, 11) is 0. The highest BCUT2D eigenvalue weighted by Crippen LogP contribution is 2.33. The third-order valence-electron chi connectivity index (χ3n) is 3.25. The smallest absolute Gasteiger partial charge is 0.278 e. The van der Waals surface area contributed by atoms with E-state index >= 15 is 0 Å². The topological polar surface area (TPSA) is 29.5 Å². The second kappa shape index (κ2) is 4.03. The van der Waals surface area contributed by atoms with Crippen LogP contribution in [0.5, 0.6) is 0 Å². The van der Waals surface area contributed by atoms with E-state index in [0.29, 0.717) is 0 Å². The summed E-state index contributed by atoms with van der Waals surface area (Å²) < 4.78 is 5.48. The summed E-state index contributed by atoms with van der Waals surface area (Å²) in [6.45, 7) is 3.46. The lowest BCUT2D eigenvalue weighted by atomic mass is 10.1. The van der Waals surface area contributed by atoms with Crippen molar-refractivity contribution in [2.24, 2.45) is 0 Å². The van der Waals surface area contributed by atoms with Gasteiger partial charge in [-0.3, -0.25) is 4.79 Å². The second-order valence-electron chi connectivity index (χ2n) is 5.02. The Morgan fingerprint density at radius 1 is 1.11 bits per heavy atom. The molecule has 0 aliphatic carbocycles. The number of carbonyl (C=O) groups excluding carboxylic acids is 1. The van der Waals surface area contributed by atoms with Crippen LogP contribution in [0.1, 0.15) is 13.8 Å². The highest BCUT2D eigenvalue weighted by molar-refractivity contribution is 7.80. The fraction of sp³-hybridized carbons (Fsp3) is 0.200. The highest BCUT2D eigenvalue weighted by atomic mass is 32.1. The number of rotatable bonds is 1. The minimum absolute atomic E-state index is 0.131. The number of carbonyl (C=O) groups is 1. The molecule has 1 aliphatic heterocycles. The van der Waals surface area contributed by atoms with Crippen LogP contribution in [0.15, 0.2) is 42.5 Å². The Balaban J connectivity index is 2.21. The van der Waals surface area contributed by atoms with Crippen LogP contribution < -0.4 is 4.90 Å². The summed E-state index contributed by atoms with van der Waals surface area (Å²) in [5, 5.41) is 2.27. The van der Waals surface area contributed by atoms with Crippen molar-refractivity contribution in [3.05, 3.63) is 42.5 Å². The number of anilines is 1. The van der Waals surface area contributed by atoms with Gasteiger partial charge in [-0.25, -0.2) is 4.90 Å². The number of fused-ring (bicyclic) bond motifs is 1. The standard InChI is InChI=1S/C15H13NO2S/c1-15(2)13(17)16(14(19)18-15)12-9-5-7-10-6-3-4-8-11(10)12/h3-9H,1-2H3. The summed E-state index contributed by atoms with van der Waals surface area (Å²) >= 11 is 5.19. The van der Waals surface area contributed by atoms with Crippen LogP contribution in [0, 0.1) is 0 Å². The number of benzene rings is 2. The normalized spacial score (nSPS) is 17.9. The molecule has 3 nitrogen and oxygen atoms in total. The Labute approximate surface area is 116 Å². The molecule has 0 radical (unpaired) electrons. The van der Waals surface area contributed by atoms with Gasteiger partial charge in [-0.15, -0.1) is 0 Å². The fourth-order valence-electron chi connectivity index (χ4n) is 2.27. The predicted octanol–water partition coefficient (Wildman–Crippen LogP) is 3.27. The first-order valence-corrected chi connectivity index (χ1v) is 6.47. The molecule has 3 rings (SSSR count). The molecule has 0 N–H and O–H groups in total. The van der Waals surface area contributed by atoms with Gasteiger partial charge in [-0.1, -0.05) is 36.4 Å². The van der Waals surface area contributed by atoms with Crippen LogP contribution in [-0.2, 0) is 9.53 Å². The van der Waals surface area contributed by atoms with Gasteiger partial charge in [0, 0.05) is 5.39 Å². The number of amides is 1. The summed E-state index contributed by atoms with van der Waals surface area (Å²) in [4.78, 5) is 13.9. The van der Waals surface area contributed by atoms with E-state index in [1.54, 1.807) is 13.8 Å². The van der Waals surface area contributed by atoms with E-state index in [-0.39, 0.29) is 11.1 Å². The molecule has 2 aromatic rings. The zero-order chi connectivity index (χ0) is 13.6. The third-order valence-corrected chi connectivity index (χ3v) is 3.52. The van der Waals surface area contributed by atoms with E-state index in [1.165, 1.54) is 4.90 Å². The SMILES string of the molecule is CC1(C)OC(=S)N(c2cccc3ccccc23)C1=O. The van der Waals surface area contributed by atoms with Crippen molar-refractivity contribution < 1.29 is 9.53 Å². The molecule has 1 fully saturated rings. The Morgan fingerprint density at radius 3 is 2.47 bits per heavy atom. The molecule has 1 heterocycles. The van der Waals surface area contributed by atoms with Crippen LogP contribution in [0.25, 0.3) is 10.8 Å². The Hall–Kier alpha value is -1.94. The van der Waals surface area contributed by atoms with E-state index in [1.807, 2.05) is 42.5 Å². The van der Waals surface area contributed by atoms with Gasteiger partial charge in [0.15, 0.2) is 5.60 Å². The molecule has 0 unspecified atom stereocenters. The Bertz CT molecular complexity index is 688. The third kappa shape index (κ3) is 1.79. The average Bonchev–Trinajstić information content (AvgIpc) is 2.58. The maximum absolute atomic E-state index is 12.4. The van der Waals surface area contributed by atoms with Gasteiger partial charge in [-0.2, -0.15) is 0 Å². The van der Waals surface area contributed by atoms with Crippen LogP contribution in [0.4, 0.5) is 5.69 Å². The van der Waals surface area contributed by atoms with Gasteiger partial charge in [0.1, 0.15) is 0 Å². The number of nitrogens with zero attached hydrogens (tertiary/aromatic N) is 1. The number of ether oxygens (including phenoxy) is 1. The zero-order valence-electron chi connectivity index (χ0n) is 10.7. The van der Waals surface area contributed by atoms with Crippen LogP contribution in [0.2, 0.25) is 0 Å². The molecule has 1 saturated heterocycles. The average molecular weight is 271 g/mol. The molecule has 19 heavy (non-hydrogen) atoms. The molecule has 0 spiro atoms. The fourth-order valence-corrected chi connectivity index (χ4v) is 2.66. The molecule has 0 atom stereocenters. The molecular weight excluding hydrogens is 258 g/mol. The molecule has 0 saturated carbocycles. The van der Waals surface area contributed by atoms with Gasteiger partial charge in [0.05, 0.1) is 5.69 Å². The lowest BCUT2D eigenvalue weighted by Gasteiger charge is -2.16. The predicted molar refractivity (Wildman–Crippen MR) is 79.2 cm³/mol.